The van der Waals surface area contributed by atoms with Crippen LogP contribution >= 0.6 is 11.6 Å². The minimum atomic E-state index is 0.484. The maximum Gasteiger partial charge on any atom is 0.124 e. The predicted molar refractivity (Wildman–Crippen MR) is 103 cm³/mol. The number of anilines is 1. The van der Waals surface area contributed by atoms with Crippen molar-refractivity contribution in [2.45, 2.75) is 6.54 Å². The van der Waals surface area contributed by atoms with Crippen LogP contribution in [0, 0.1) is 0 Å². The second-order valence-electron chi connectivity index (χ2n) is 5.45. The van der Waals surface area contributed by atoms with Crippen LogP contribution < -0.4 is 14.8 Å². The maximum absolute atomic E-state index is 6.18. The zero-order chi connectivity index (χ0) is 17.3. The molecule has 0 radical (unpaired) electrons. The molecule has 3 nitrogen and oxygen atoms in total. The molecule has 0 aliphatic rings. The van der Waals surface area contributed by atoms with Gasteiger partial charge in [-0.2, -0.15) is 0 Å². The number of ether oxygens (including phenoxy) is 2. The van der Waals surface area contributed by atoms with Gasteiger partial charge in [-0.25, -0.2) is 0 Å². The molecule has 0 fully saturated rings. The number of hydrogen-bond donors (Lipinski definition) is 1. The zero-order valence-corrected chi connectivity index (χ0v) is 14.6. The Hall–Kier alpha value is -2.65. The Morgan fingerprint density at radius 2 is 1.40 bits per heavy atom. The van der Waals surface area contributed by atoms with E-state index in [1.165, 1.54) is 0 Å². The molecule has 0 saturated carbocycles. The fraction of sp³-hybridized carbons (Fsp3) is 0.143. The Bertz CT molecular complexity index is 793. The number of hydrogen-bond acceptors (Lipinski definition) is 3. The lowest BCUT2D eigenvalue weighted by atomic mass is 10.2. The van der Waals surface area contributed by atoms with E-state index < -0.39 is 0 Å². The summed E-state index contributed by atoms with van der Waals surface area (Å²) in [6.45, 7) is 1.62. The summed E-state index contributed by atoms with van der Waals surface area (Å²) >= 11 is 6.18. The Balaban J connectivity index is 1.53. The van der Waals surface area contributed by atoms with Crippen LogP contribution in [0.1, 0.15) is 5.56 Å². The van der Waals surface area contributed by atoms with Crippen LogP contribution in [0.25, 0.3) is 0 Å². The summed E-state index contributed by atoms with van der Waals surface area (Å²) in [6, 6.07) is 25.4. The smallest absolute Gasteiger partial charge is 0.124 e. The van der Waals surface area contributed by atoms with Gasteiger partial charge < -0.3 is 14.8 Å². The van der Waals surface area contributed by atoms with Gasteiger partial charge in [0.1, 0.15) is 24.7 Å². The molecule has 0 bridgehead atoms. The molecule has 0 aromatic heterocycles. The number of rotatable bonds is 8. The van der Waals surface area contributed by atoms with E-state index in [2.05, 4.69) is 5.32 Å². The lowest BCUT2D eigenvalue weighted by Gasteiger charge is -2.14. The first-order valence-electron chi connectivity index (χ1n) is 8.20. The molecule has 0 spiro atoms. The van der Waals surface area contributed by atoms with E-state index in [1.807, 2.05) is 78.9 Å². The van der Waals surface area contributed by atoms with Crippen LogP contribution in [0.4, 0.5) is 5.69 Å². The van der Waals surface area contributed by atoms with Crippen LogP contribution in [0.3, 0.4) is 0 Å². The van der Waals surface area contributed by atoms with Crippen molar-refractivity contribution in [2.24, 2.45) is 0 Å². The summed E-state index contributed by atoms with van der Waals surface area (Å²) in [5.74, 6) is 1.69. The molecule has 0 amide bonds. The van der Waals surface area contributed by atoms with Crippen molar-refractivity contribution < 1.29 is 9.47 Å². The second-order valence-corrected chi connectivity index (χ2v) is 5.86. The molecule has 0 saturated heterocycles. The third-order valence-electron chi connectivity index (χ3n) is 3.67. The van der Waals surface area contributed by atoms with Crippen molar-refractivity contribution in [2.75, 3.05) is 18.5 Å². The first-order valence-corrected chi connectivity index (χ1v) is 8.58. The van der Waals surface area contributed by atoms with Crippen LogP contribution in [0.15, 0.2) is 78.9 Å². The first kappa shape index (κ1) is 17.2. The molecule has 0 heterocycles. The first-order chi connectivity index (χ1) is 12.3. The van der Waals surface area contributed by atoms with Crippen LogP contribution in [0.5, 0.6) is 11.5 Å². The van der Waals surface area contributed by atoms with Crippen molar-refractivity contribution in [3.8, 4) is 11.5 Å². The number of halogens is 1. The monoisotopic (exact) mass is 353 g/mol. The van der Waals surface area contributed by atoms with Crippen LogP contribution in [-0.2, 0) is 6.54 Å². The zero-order valence-electron chi connectivity index (χ0n) is 13.8. The van der Waals surface area contributed by atoms with Crippen molar-refractivity contribution in [3.05, 3.63) is 89.4 Å². The number of benzene rings is 3. The van der Waals surface area contributed by atoms with Crippen molar-refractivity contribution in [3.63, 3.8) is 0 Å². The number of nitrogens with one attached hydrogen (secondary N) is 1. The van der Waals surface area contributed by atoms with E-state index in [9.17, 15) is 0 Å². The van der Waals surface area contributed by atoms with Gasteiger partial charge in [-0.15, -0.1) is 0 Å². The van der Waals surface area contributed by atoms with E-state index in [4.69, 9.17) is 21.1 Å². The van der Waals surface area contributed by atoms with Gasteiger partial charge in [0.25, 0.3) is 0 Å². The van der Waals surface area contributed by atoms with Gasteiger partial charge in [0.2, 0.25) is 0 Å². The molecule has 25 heavy (non-hydrogen) atoms. The molecule has 0 unspecified atom stereocenters. The third kappa shape index (κ3) is 5.16. The standard InChI is InChI=1S/C21H20ClNO2/c22-19-11-5-6-12-20(19)23-16-17-8-4-7-13-21(17)25-15-14-24-18-9-2-1-3-10-18/h1-13,23H,14-16H2. The van der Waals surface area contributed by atoms with E-state index in [0.717, 1.165) is 22.7 Å². The van der Waals surface area contributed by atoms with Crippen LogP contribution in [0.2, 0.25) is 5.02 Å². The fourth-order valence-electron chi connectivity index (χ4n) is 2.41. The second kappa shape index (κ2) is 9.00. The largest absolute Gasteiger partial charge is 0.490 e. The molecule has 4 heteroatoms. The summed E-state index contributed by atoms with van der Waals surface area (Å²) in [5, 5.41) is 4.05. The van der Waals surface area contributed by atoms with Gasteiger partial charge >= 0.3 is 0 Å². The predicted octanol–water partition coefficient (Wildman–Crippen LogP) is 5.41. The lowest BCUT2D eigenvalue weighted by Crippen LogP contribution is -2.11. The minimum absolute atomic E-state index is 0.484. The summed E-state index contributed by atoms with van der Waals surface area (Å²) in [5.41, 5.74) is 1.98. The Kier molecular flexibility index (Phi) is 6.18. The molecule has 3 aromatic rings. The van der Waals surface area contributed by atoms with E-state index >= 15 is 0 Å². The maximum atomic E-state index is 6.18. The minimum Gasteiger partial charge on any atom is -0.490 e. The van der Waals surface area contributed by atoms with Crippen molar-refractivity contribution in [1.82, 2.24) is 0 Å². The van der Waals surface area contributed by atoms with Gasteiger partial charge in [-0.1, -0.05) is 60.1 Å². The summed E-state index contributed by atoms with van der Waals surface area (Å²) < 4.78 is 11.5. The third-order valence-corrected chi connectivity index (χ3v) is 4.00. The van der Waals surface area contributed by atoms with Gasteiger partial charge in [0.15, 0.2) is 0 Å². The summed E-state index contributed by atoms with van der Waals surface area (Å²) in [6.07, 6.45) is 0. The molecule has 128 valence electrons. The summed E-state index contributed by atoms with van der Waals surface area (Å²) in [7, 11) is 0. The van der Waals surface area contributed by atoms with E-state index in [-0.39, 0.29) is 0 Å². The van der Waals surface area contributed by atoms with Crippen molar-refractivity contribution >= 4 is 17.3 Å². The summed E-state index contributed by atoms with van der Waals surface area (Å²) in [4.78, 5) is 0. The Morgan fingerprint density at radius 1 is 0.720 bits per heavy atom. The molecule has 0 atom stereocenters. The highest BCUT2D eigenvalue weighted by molar-refractivity contribution is 6.33. The molecular formula is C21H20ClNO2. The van der Waals surface area contributed by atoms with E-state index in [0.29, 0.717) is 24.8 Å². The highest BCUT2D eigenvalue weighted by atomic mass is 35.5. The van der Waals surface area contributed by atoms with Gasteiger partial charge in [-0.3, -0.25) is 0 Å². The van der Waals surface area contributed by atoms with Gasteiger partial charge in [0, 0.05) is 12.1 Å². The average Bonchev–Trinajstić information content (AvgIpc) is 2.66. The lowest BCUT2D eigenvalue weighted by molar-refractivity contribution is 0.216. The highest BCUT2D eigenvalue weighted by Crippen LogP contribution is 2.24. The highest BCUT2D eigenvalue weighted by Gasteiger charge is 2.05. The Labute approximate surface area is 153 Å². The average molecular weight is 354 g/mol. The van der Waals surface area contributed by atoms with Crippen molar-refractivity contribution in [1.29, 1.82) is 0 Å². The quantitative estimate of drug-likeness (QED) is 0.549. The van der Waals surface area contributed by atoms with Gasteiger partial charge in [0.05, 0.1) is 10.7 Å². The molecule has 3 rings (SSSR count). The molecule has 0 aliphatic heterocycles. The number of para-hydroxylation sites is 3. The fourth-order valence-corrected chi connectivity index (χ4v) is 2.62. The molecule has 1 N–H and O–H groups in total. The SMILES string of the molecule is Clc1ccccc1NCc1ccccc1OCCOc1ccccc1. The molecular weight excluding hydrogens is 334 g/mol. The van der Waals surface area contributed by atoms with Crippen LogP contribution in [-0.4, -0.2) is 13.2 Å². The molecule has 3 aromatic carbocycles. The van der Waals surface area contributed by atoms with E-state index in [1.54, 1.807) is 0 Å². The normalized spacial score (nSPS) is 10.3. The Morgan fingerprint density at radius 3 is 2.24 bits per heavy atom. The van der Waals surface area contributed by atoms with Gasteiger partial charge in [-0.05, 0) is 30.3 Å². The molecule has 0 aliphatic carbocycles. The topological polar surface area (TPSA) is 30.5 Å².